The van der Waals surface area contributed by atoms with Gasteiger partial charge in [-0.1, -0.05) is 18.6 Å². The molecule has 0 saturated carbocycles. The number of aromatic nitrogens is 3. The molecule has 2 aliphatic heterocycles. The Balaban J connectivity index is 1.55. The first kappa shape index (κ1) is 17.1. The third-order valence-corrected chi connectivity index (χ3v) is 5.55. The van der Waals surface area contributed by atoms with Crippen molar-refractivity contribution in [2.45, 2.75) is 51.0 Å². The van der Waals surface area contributed by atoms with Gasteiger partial charge in [-0.3, -0.25) is 4.79 Å². The van der Waals surface area contributed by atoms with Crippen LogP contribution in [0.25, 0.3) is 0 Å². The van der Waals surface area contributed by atoms with Gasteiger partial charge in [0.1, 0.15) is 17.4 Å². The molecule has 1 atom stereocenters. The largest absolute Gasteiger partial charge is 0.496 e. The first-order valence-electron chi connectivity index (χ1n) is 9.62. The Bertz CT molecular complexity index is 786. The van der Waals surface area contributed by atoms with Crippen LogP contribution in [0.5, 0.6) is 5.75 Å². The van der Waals surface area contributed by atoms with Crippen molar-refractivity contribution in [1.82, 2.24) is 19.7 Å². The molecule has 0 radical (unpaired) electrons. The number of methoxy groups -OCH3 is 1. The van der Waals surface area contributed by atoms with E-state index in [-0.39, 0.29) is 11.8 Å². The second-order valence-electron chi connectivity index (χ2n) is 7.23. The number of para-hydroxylation sites is 1. The van der Waals surface area contributed by atoms with Crippen LogP contribution in [0.3, 0.4) is 0 Å². The van der Waals surface area contributed by atoms with Crippen molar-refractivity contribution in [3.05, 3.63) is 41.5 Å². The zero-order chi connectivity index (χ0) is 17.9. The number of rotatable bonds is 3. The van der Waals surface area contributed by atoms with Crippen LogP contribution in [-0.4, -0.2) is 45.8 Å². The highest BCUT2D eigenvalue weighted by Gasteiger charge is 2.30. The summed E-state index contributed by atoms with van der Waals surface area (Å²) in [6, 6.07) is 7.45. The standard InChI is InChI=1S/C20H26N4O2/c1-26-17-10-5-4-9-16(17)20(25)23-12-7-8-15(14-23)19-22-21-18-11-3-2-6-13-24(18)19/h4-5,9-10,15H,2-3,6-8,11-14H2,1H3. The first-order valence-corrected chi connectivity index (χ1v) is 9.62. The number of likely N-dealkylation sites (tertiary alicyclic amines) is 1. The molecule has 1 aromatic carbocycles. The summed E-state index contributed by atoms with van der Waals surface area (Å²) >= 11 is 0. The molecule has 0 N–H and O–H groups in total. The minimum absolute atomic E-state index is 0.0442. The van der Waals surface area contributed by atoms with Crippen LogP contribution in [0.1, 0.15) is 60.0 Å². The predicted octanol–water partition coefficient (Wildman–Crippen LogP) is 3.03. The molecule has 1 fully saturated rings. The number of hydrogen-bond acceptors (Lipinski definition) is 4. The Morgan fingerprint density at radius 3 is 2.88 bits per heavy atom. The highest BCUT2D eigenvalue weighted by Crippen LogP contribution is 2.30. The third-order valence-electron chi connectivity index (χ3n) is 5.55. The number of piperidine rings is 1. The predicted molar refractivity (Wildman–Crippen MR) is 98.4 cm³/mol. The molecular weight excluding hydrogens is 328 g/mol. The maximum atomic E-state index is 13.0. The maximum absolute atomic E-state index is 13.0. The van der Waals surface area contributed by atoms with Gasteiger partial charge in [-0.2, -0.15) is 0 Å². The number of ether oxygens (including phenoxy) is 1. The lowest BCUT2D eigenvalue weighted by Gasteiger charge is -2.32. The van der Waals surface area contributed by atoms with Gasteiger partial charge in [-0.15, -0.1) is 10.2 Å². The monoisotopic (exact) mass is 354 g/mol. The van der Waals surface area contributed by atoms with E-state index in [0.717, 1.165) is 44.0 Å². The molecule has 26 heavy (non-hydrogen) atoms. The topological polar surface area (TPSA) is 60.2 Å². The molecule has 3 heterocycles. The fraction of sp³-hybridized carbons (Fsp3) is 0.550. The highest BCUT2D eigenvalue weighted by atomic mass is 16.5. The van der Waals surface area contributed by atoms with Crippen LogP contribution < -0.4 is 4.74 Å². The minimum atomic E-state index is 0.0442. The maximum Gasteiger partial charge on any atom is 0.257 e. The summed E-state index contributed by atoms with van der Waals surface area (Å²) in [6.45, 7) is 2.50. The average Bonchev–Trinajstić information content (AvgIpc) is 2.96. The molecule has 138 valence electrons. The molecule has 0 aliphatic carbocycles. The van der Waals surface area contributed by atoms with E-state index in [1.807, 2.05) is 29.2 Å². The van der Waals surface area contributed by atoms with Crippen LogP contribution in [0.2, 0.25) is 0 Å². The summed E-state index contributed by atoms with van der Waals surface area (Å²) < 4.78 is 7.68. The van der Waals surface area contributed by atoms with E-state index >= 15 is 0 Å². The molecule has 6 heteroatoms. The zero-order valence-electron chi connectivity index (χ0n) is 15.4. The van der Waals surface area contributed by atoms with Crippen molar-refractivity contribution in [1.29, 1.82) is 0 Å². The number of amides is 1. The second kappa shape index (κ2) is 7.48. The smallest absolute Gasteiger partial charge is 0.257 e. The first-order chi connectivity index (χ1) is 12.8. The summed E-state index contributed by atoms with van der Waals surface area (Å²) in [5.41, 5.74) is 0.635. The van der Waals surface area contributed by atoms with Gasteiger partial charge in [0.15, 0.2) is 0 Å². The van der Waals surface area contributed by atoms with Gasteiger partial charge >= 0.3 is 0 Å². The zero-order valence-corrected chi connectivity index (χ0v) is 15.4. The summed E-state index contributed by atoms with van der Waals surface area (Å²) in [6.07, 6.45) is 6.72. The van der Waals surface area contributed by atoms with E-state index in [9.17, 15) is 4.79 Å². The normalized spacial score (nSPS) is 20.3. The van der Waals surface area contributed by atoms with Crippen LogP contribution in [0.15, 0.2) is 24.3 Å². The molecule has 4 rings (SSSR count). The van der Waals surface area contributed by atoms with Gasteiger partial charge in [-0.05, 0) is 37.8 Å². The molecule has 6 nitrogen and oxygen atoms in total. The average molecular weight is 354 g/mol. The molecule has 1 saturated heterocycles. The van der Waals surface area contributed by atoms with E-state index in [4.69, 9.17) is 4.74 Å². The summed E-state index contributed by atoms with van der Waals surface area (Å²) in [5.74, 6) is 3.13. The summed E-state index contributed by atoms with van der Waals surface area (Å²) in [5, 5.41) is 8.95. The van der Waals surface area contributed by atoms with Crippen LogP contribution in [-0.2, 0) is 13.0 Å². The van der Waals surface area contributed by atoms with Crippen molar-refractivity contribution in [3.63, 3.8) is 0 Å². The van der Waals surface area contributed by atoms with Crippen LogP contribution in [0.4, 0.5) is 0 Å². The van der Waals surface area contributed by atoms with Gasteiger partial charge in [-0.25, -0.2) is 0 Å². The number of hydrogen-bond donors (Lipinski definition) is 0. The number of benzene rings is 1. The Labute approximate surface area is 154 Å². The fourth-order valence-corrected chi connectivity index (χ4v) is 4.17. The molecule has 2 aliphatic rings. The molecule has 1 amide bonds. The quantitative estimate of drug-likeness (QED) is 0.850. The van der Waals surface area contributed by atoms with Gasteiger partial charge in [0.2, 0.25) is 0 Å². The van der Waals surface area contributed by atoms with Crippen molar-refractivity contribution in [2.75, 3.05) is 20.2 Å². The van der Waals surface area contributed by atoms with E-state index in [0.29, 0.717) is 17.9 Å². The Kier molecular flexibility index (Phi) is 4.91. The molecule has 1 aromatic heterocycles. The number of aryl methyl sites for hydroxylation is 1. The lowest BCUT2D eigenvalue weighted by Crippen LogP contribution is -2.40. The lowest BCUT2D eigenvalue weighted by atomic mass is 9.96. The number of carbonyl (C=O) groups excluding carboxylic acids is 1. The van der Waals surface area contributed by atoms with Gasteiger partial charge in [0, 0.05) is 32.0 Å². The fourth-order valence-electron chi connectivity index (χ4n) is 4.17. The highest BCUT2D eigenvalue weighted by molar-refractivity contribution is 5.97. The van der Waals surface area contributed by atoms with Crippen molar-refractivity contribution in [2.24, 2.45) is 0 Å². The molecular formula is C20H26N4O2. The Morgan fingerprint density at radius 2 is 2.00 bits per heavy atom. The number of nitrogens with zero attached hydrogens (tertiary/aromatic N) is 4. The molecule has 0 bridgehead atoms. The lowest BCUT2D eigenvalue weighted by molar-refractivity contribution is 0.0699. The SMILES string of the molecule is COc1ccccc1C(=O)N1CCCC(c2nnc3n2CCCCC3)C1. The molecule has 1 unspecified atom stereocenters. The van der Waals surface area contributed by atoms with Crippen molar-refractivity contribution < 1.29 is 9.53 Å². The Morgan fingerprint density at radius 1 is 1.12 bits per heavy atom. The summed E-state index contributed by atoms with van der Waals surface area (Å²) in [7, 11) is 1.61. The van der Waals surface area contributed by atoms with E-state index in [1.54, 1.807) is 7.11 Å². The third kappa shape index (κ3) is 3.20. The minimum Gasteiger partial charge on any atom is -0.496 e. The summed E-state index contributed by atoms with van der Waals surface area (Å²) in [4.78, 5) is 15.0. The molecule has 0 spiro atoms. The van der Waals surface area contributed by atoms with Gasteiger partial charge in [0.25, 0.3) is 5.91 Å². The number of carbonyl (C=O) groups is 1. The van der Waals surface area contributed by atoms with Crippen LogP contribution >= 0.6 is 0 Å². The Hall–Kier alpha value is -2.37. The van der Waals surface area contributed by atoms with E-state index in [1.165, 1.54) is 19.3 Å². The van der Waals surface area contributed by atoms with Gasteiger partial charge in [0.05, 0.1) is 12.7 Å². The number of fused-ring (bicyclic) bond motifs is 1. The van der Waals surface area contributed by atoms with Crippen molar-refractivity contribution in [3.8, 4) is 5.75 Å². The molecule has 2 aromatic rings. The van der Waals surface area contributed by atoms with Crippen molar-refractivity contribution >= 4 is 5.91 Å². The van der Waals surface area contributed by atoms with Gasteiger partial charge < -0.3 is 14.2 Å². The van der Waals surface area contributed by atoms with E-state index < -0.39 is 0 Å². The van der Waals surface area contributed by atoms with Crippen LogP contribution in [0, 0.1) is 0 Å². The van der Waals surface area contributed by atoms with E-state index in [2.05, 4.69) is 14.8 Å². The second-order valence-corrected chi connectivity index (χ2v) is 7.23.